The minimum Gasteiger partial charge on any atom is -0.481 e. The summed E-state index contributed by atoms with van der Waals surface area (Å²) >= 11 is 0. The van der Waals surface area contributed by atoms with Gasteiger partial charge in [-0.1, -0.05) is 27.4 Å². The number of aliphatic carboxylic acids is 1. The third-order valence-corrected chi connectivity index (χ3v) is 2.02. The summed E-state index contributed by atoms with van der Waals surface area (Å²) in [6.07, 6.45) is 1.40. The number of ether oxygens (including phenoxy) is 1. The third-order valence-electron chi connectivity index (χ3n) is 2.02. The molecule has 0 spiro atoms. The molecule has 0 saturated heterocycles. The van der Waals surface area contributed by atoms with Crippen LogP contribution >= 0.6 is 0 Å². The Morgan fingerprint density at radius 3 is 2.06 bits per heavy atom. The van der Waals surface area contributed by atoms with E-state index in [-0.39, 0.29) is 12.4 Å². The second-order valence-electron chi connectivity index (χ2n) is 3.15. The van der Waals surface area contributed by atoms with Gasteiger partial charge in [-0.3, -0.25) is 4.79 Å². The number of hydrogen-bond acceptors (Lipinski definition) is 4. The Balaban J connectivity index is 0. The van der Waals surface area contributed by atoms with E-state index in [0.717, 1.165) is 19.6 Å². The predicted molar refractivity (Wildman–Crippen MR) is 66.9 cm³/mol. The number of rotatable bonds is 7. The number of nitrogens with zero attached hydrogens (tertiary/aromatic N) is 1. The molecule has 0 aromatic carbocycles. The Bertz CT molecular complexity index is 225. The van der Waals surface area contributed by atoms with Crippen molar-refractivity contribution in [1.29, 1.82) is 0 Å². The summed E-state index contributed by atoms with van der Waals surface area (Å²) in [5, 5.41) is 7.72. The lowest BCUT2D eigenvalue weighted by atomic mass is 10.5. The summed E-state index contributed by atoms with van der Waals surface area (Å²) in [6.45, 7) is 12.3. The minimum atomic E-state index is -0.745. The van der Waals surface area contributed by atoms with Gasteiger partial charge in [0.15, 0.2) is 0 Å². The van der Waals surface area contributed by atoms with Crippen molar-refractivity contribution in [1.82, 2.24) is 4.90 Å². The number of hydrogen-bond donors (Lipinski definition) is 1. The van der Waals surface area contributed by atoms with Crippen molar-refractivity contribution in [2.75, 3.05) is 26.2 Å². The lowest BCUT2D eigenvalue weighted by Crippen LogP contribution is -2.27. The molecule has 17 heavy (non-hydrogen) atoms. The summed E-state index contributed by atoms with van der Waals surface area (Å²) < 4.78 is 4.83. The zero-order valence-electron chi connectivity index (χ0n) is 10.9. The van der Waals surface area contributed by atoms with Gasteiger partial charge in [-0.25, -0.2) is 4.79 Å². The summed E-state index contributed by atoms with van der Waals surface area (Å²) in [5.74, 6) is -1.09. The van der Waals surface area contributed by atoms with E-state index in [2.05, 4.69) is 25.3 Å². The fourth-order valence-corrected chi connectivity index (χ4v) is 0.874. The van der Waals surface area contributed by atoms with Crippen molar-refractivity contribution in [3.8, 4) is 0 Å². The average Bonchev–Trinajstić information content (AvgIpc) is 2.35. The maximum atomic E-state index is 10.6. The predicted octanol–water partition coefficient (Wildman–Crippen LogP) is 1.54. The molecule has 0 aliphatic heterocycles. The summed E-state index contributed by atoms with van der Waals surface area (Å²) in [7, 11) is 0. The number of esters is 1. The van der Waals surface area contributed by atoms with Crippen molar-refractivity contribution >= 4 is 11.9 Å². The van der Waals surface area contributed by atoms with Crippen molar-refractivity contribution in [2.45, 2.75) is 27.2 Å². The first-order valence-corrected chi connectivity index (χ1v) is 5.75. The Morgan fingerprint density at radius 1 is 1.29 bits per heavy atom. The van der Waals surface area contributed by atoms with Gasteiger partial charge < -0.3 is 14.7 Å². The molecule has 100 valence electrons. The van der Waals surface area contributed by atoms with Crippen LogP contribution in [0.1, 0.15) is 27.2 Å². The van der Waals surface area contributed by atoms with E-state index in [1.807, 2.05) is 0 Å². The fourth-order valence-electron chi connectivity index (χ4n) is 0.874. The highest BCUT2D eigenvalue weighted by molar-refractivity contribution is 5.81. The molecule has 0 unspecified atom stereocenters. The van der Waals surface area contributed by atoms with Crippen molar-refractivity contribution in [3.63, 3.8) is 0 Å². The molecule has 0 bridgehead atoms. The molecule has 5 nitrogen and oxygen atoms in total. The number of carboxylic acids is 1. The minimum absolute atomic E-state index is 0.222. The van der Waals surface area contributed by atoms with Crippen molar-refractivity contribution < 1.29 is 19.4 Å². The third kappa shape index (κ3) is 14.6. The van der Waals surface area contributed by atoms with E-state index in [0.29, 0.717) is 6.61 Å². The standard InChI is InChI=1S/C9H17NO2.C3H6O2/c1-4-9(11)12-8-7-10(5-2)6-3;1-2-3(4)5/h4H,1,5-8H2,2-3H3;2H2,1H3,(H,4,5). The zero-order valence-corrected chi connectivity index (χ0v) is 10.9. The Morgan fingerprint density at radius 2 is 1.76 bits per heavy atom. The van der Waals surface area contributed by atoms with Gasteiger partial charge in [-0.2, -0.15) is 0 Å². The lowest BCUT2D eigenvalue weighted by molar-refractivity contribution is -0.138. The first kappa shape index (κ1) is 18.0. The SMILES string of the molecule is C=CC(=O)OCCN(CC)CC.CCC(=O)O. The molecule has 1 N–H and O–H groups in total. The van der Waals surface area contributed by atoms with Gasteiger partial charge in [0.1, 0.15) is 6.61 Å². The zero-order chi connectivity index (χ0) is 13.7. The van der Waals surface area contributed by atoms with Gasteiger partial charge >= 0.3 is 11.9 Å². The second kappa shape index (κ2) is 12.7. The van der Waals surface area contributed by atoms with E-state index >= 15 is 0 Å². The van der Waals surface area contributed by atoms with E-state index < -0.39 is 5.97 Å². The molecule has 0 radical (unpaired) electrons. The maximum Gasteiger partial charge on any atom is 0.330 e. The quantitative estimate of drug-likeness (QED) is 0.544. The van der Waals surface area contributed by atoms with Crippen LogP contribution in [-0.4, -0.2) is 48.2 Å². The van der Waals surface area contributed by atoms with Gasteiger partial charge in [-0.15, -0.1) is 0 Å². The van der Waals surface area contributed by atoms with Crippen LogP contribution in [0.25, 0.3) is 0 Å². The van der Waals surface area contributed by atoms with Gasteiger partial charge in [-0.05, 0) is 13.1 Å². The van der Waals surface area contributed by atoms with Crippen LogP contribution in [0.5, 0.6) is 0 Å². The number of likely N-dealkylation sites (N-methyl/N-ethyl adjacent to an activating group) is 1. The van der Waals surface area contributed by atoms with Gasteiger partial charge in [0.25, 0.3) is 0 Å². The van der Waals surface area contributed by atoms with E-state index in [1.54, 1.807) is 6.92 Å². The second-order valence-corrected chi connectivity index (χ2v) is 3.15. The largest absolute Gasteiger partial charge is 0.481 e. The number of carbonyl (C=O) groups is 2. The molecule has 0 aromatic heterocycles. The average molecular weight is 245 g/mol. The number of carbonyl (C=O) groups excluding carboxylic acids is 1. The van der Waals surface area contributed by atoms with E-state index in [1.165, 1.54) is 6.08 Å². The van der Waals surface area contributed by atoms with Crippen molar-refractivity contribution in [2.24, 2.45) is 0 Å². The Kier molecular flexibility index (Phi) is 13.5. The molecule has 0 fully saturated rings. The molecular weight excluding hydrogens is 222 g/mol. The van der Waals surface area contributed by atoms with E-state index in [9.17, 15) is 9.59 Å². The molecule has 0 heterocycles. The normalized spacial score (nSPS) is 9.18. The maximum absolute atomic E-state index is 10.6. The summed E-state index contributed by atoms with van der Waals surface area (Å²) in [6, 6.07) is 0. The first-order valence-electron chi connectivity index (χ1n) is 5.75. The van der Waals surface area contributed by atoms with Crippen LogP contribution in [0.3, 0.4) is 0 Å². The molecule has 0 atom stereocenters. The molecule has 0 rings (SSSR count). The monoisotopic (exact) mass is 245 g/mol. The fraction of sp³-hybridized carbons (Fsp3) is 0.667. The van der Waals surface area contributed by atoms with Crippen molar-refractivity contribution in [3.05, 3.63) is 12.7 Å². The van der Waals surface area contributed by atoms with Crippen LogP contribution in [0.4, 0.5) is 0 Å². The van der Waals surface area contributed by atoms with Crippen LogP contribution in [0, 0.1) is 0 Å². The van der Waals surface area contributed by atoms with Crippen LogP contribution in [0.2, 0.25) is 0 Å². The van der Waals surface area contributed by atoms with Gasteiger partial charge in [0.2, 0.25) is 0 Å². The van der Waals surface area contributed by atoms with Gasteiger partial charge in [0, 0.05) is 19.0 Å². The molecule has 0 aromatic rings. The van der Waals surface area contributed by atoms with Crippen LogP contribution in [-0.2, 0) is 14.3 Å². The molecule has 0 amide bonds. The highest BCUT2D eigenvalue weighted by atomic mass is 16.5. The van der Waals surface area contributed by atoms with Crippen LogP contribution in [0.15, 0.2) is 12.7 Å². The molecule has 0 aliphatic carbocycles. The summed E-state index contributed by atoms with van der Waals surface area (Å²) in [5.41, 5.74) is 0. The Hall–Kier alpha value is -1.36. The topological polar surface area (TPSA) is 66.8 Å². The smallest absolute Gasteiger partial charge is 0.330 e. The molecular formula is C12H23NO4. The summed E-state index contributed by atoms with van der Waals surface area (Å²) in [4.78, 5) is 22.2. The first-order chi connectivity index (χ1) is 8.01. The van der Waals surface area contributed by atoms with Gasteiger partial charge in [0.05, 0.1) is 0 Å². The Labute approximate surface area is 103 Å². The molecule has 0 aliphatic rings. The molecule has 5 heteroatoms. The molecule has 0 saturated carbocycles. The van der Waals surface area contributed by atoms with Crippen LogP contribution < -0.4 is 0 Å². The highest BCUT2D eigenvalue weighted by Gasteiger charge is 1.99. The van der Waals surface area contributed by atoms with E-state index in [4.69, 9.17) is 9.84 Å². The number of carboxylic acid groups (broad SMARTS) is 1. The lowest BCUT2D eigenvalue weighted by Gasteiger charge is -2.16. The highest BCUT2D eigenvalue weighted by Crippen LogP contribution is 1.87.